The fourth-order valence-corrected chi connectivity index (χ4v) is 1.75. The number of ether oxygens (including phenoxy) is 1. The first-order valence-corrected chi connectivity index (χ1v) is 5.79. The van der Waals surface area contributed by atoms with E-state index >= 15 is 0 Å². The summed E-state index contributed by atoms with van der Waals surface area (Å²) in [6, 6.07) is 0. The van der Waals surface area contributed by atoms with Crippen LogP contribution < -0.4 is 0 Å². The van der Waals surface area contributed by atoms with E-state index in [1.807, 2.05) is 6.92 Å². The molecule has 3 unspecified atom stereocenters. The molecule has 0 saturated carbocycles. The molecule has 0 bridgehead atoms. The first-order chi connectivity index (χ1) is 7.66. The Kier molecular flexibility index (Phi) is 3.56. The van der Waals surface area contributed by atoms with E-state index in [1.54, 1.807) is 6.92 Å². The summed E-state index contributed by atoms with van der Waals surface area (Å²) >= 11 is 0. The van der Waals surface area contributed by atoms with Gasteiger partial charge in [0.05, 0.1) is 18.1 Å². The van der Waals surface area contributed by atoms with Gasteiger partial charge in [-0.15, -0.1) is 0 Å². The van der Waals surface area contributed by atoms with Gasteiger partial charge in [0.15, 0.2) is 5.82 Å². The van der Waals surface area contributed by atoms with Crippen molar-refractivity contribution >= 4 is 0 Å². The highest BCUT2D eigenvalue weighted by molar-refractivity contribution is 4.96. The van der Waals surface area contributed by atoms with Gasteiger partial charge in [-0.25, -0.2) is 0 Å². The molecule has 1 aliphatic rings. The number of nitrogens with zero attached hydrogens (tertiary/aromatic N) is 2. The van der Waals surface area contributed by atoms with Crippen LogP contribution in [0.5, 0.6) is 0 Å². The molecule has 1 N–H and O–H groups in total. The Morgan fingerprint density at radius 2 is 2.31 bits per heavy atom. The largest absolute Gasteiger partial charge is 0.393 e. The molecule has 1 fully saturated rings. The van der Waals surface area contributed by atoms with Crippen LogP contribution in [0, 0.1) is 0 Å². The van der Waals surface area contributed by atoms with E-state index in [0.29, 0.717) is 18.1 Å². The maximum atomic E-state index is 9.42. The molecule has 16 heavy (non-hydrogen) atoms. The van der Waals surface area contributed by atoms with E-state index < -0.39 is 6.10 Å². The van der Waals surface area contributed by atoms with Crippen LogP contribution >= 0.6 is 0 Å². The van der Waals surface area contributed by atoms with Gasteiger partial charge in [-0.1, -0.05) is 12.1 Å². The van der Waals surface area contributed by atoms with E-state index in [1.165, 1.54) is 0 Å². The quantitative estimate of drug-likeness (QED) is 0.837. The van der Waals surface area contributed by atoms with E-state index in [4.69, 9.17) is 9.26 Å². The number of rotatable bonds is 4. The summed E-state index contributed by atoms with van der Waals surface area (Å²) in [6.45, 7) is 4.42. The molecule has 0 aromatic carbocycles. The van der Waals surface area contributed by atoms with Crippen molar-refractivity contribution in [3.63, 3.8) is 0 Å². The van der Waals surface area contributed by atoms with Gasteiger partial charge in [0, 0.05) is 13.0 Å². The third kappa shape index (κ3) is 2.59. The standard InChI is InChI=1S/C11H18N2O3/c1-7(8(2)14)11-12-10(13-16-11)6-9-4-3-5-15-9/h7-9,14H,3-6H2,1-2H3. The van der Waals surface area contributed by atoms with Crippen LogP contribution in [-0.2, 0) is 11.2 Å². The zero-order valence-corrected chi connectivity index (χ0v) is 9.72. The molecule has 1 saturated heterocycles. The molecule has 0 aliphatic carbocycles. The van der Waals surface area contributed by atoms with Crippen molar-refractivity contribution in [2.75, 3.05) is 6.61 Å². The van der Waals surface area contributed by atoms with Crippen LogP contribution in [0.3, 0.4) is 0 Å². The molecule has 5 heteroatoms. The zero-order chi connectivity index (χ0) is 11.5. The Bertz CT molecular complexity index is 332. The predicted octanol–water partition coefficient (Wildman–Crippen LogP) is 1.28. The predicted molar refractivity (Wildman–Crippen MR) is 57.1 cm³/mol. The van der Waals surface area contributed by atoms with Crippen LogP contribution in [0.1, 0.15) is 44.3 Å². The second kappa shape index (κ2) is 4.93. The lowest BCUT2D eigenvalue weighted by molar-refractivity contribution is 0.109. The average molecular weight is 226 g/mol. The van der Waals surface area contributed by atoms with Crippen molar-refractivity contribution in [3.05, 3.63) is 11.7 Å². The van der Waals surface area contributed by atoms with E-state index in [-0.39, 0.29) is 12.0 Å². The summed E-state index contributed by atoms with van der Waals surface area (Å²) < 4.78 is 10.6. The fraction of sp³-hybridized carbons (Fsp3) is 0.818. The van der Waals surface area contributed by atoms with E-state index in [0.717, 1.165) is 19.4 Å². The van der Waals surface area contributed by atoms with Crippen molar-refractivity contribution in [1.82, 2.24) is 10.1 Å². The first kappa shape index (κ1) is 11.5. The molecular weight excluding hydrogens is 208 g/mol. The van der Waals surface area contributed by atoms with Crippen LogP contribution in [-0.4, -0.2) is 34.1 Å². The third-order valence-electron chi connectivity index (χ3n) is 3.03. The monoisotopic (exact) mass is 226 g/mol. The molecule has 1 aromatic heterocycles. The Morgan fingerprint density at radius 3 is 2.94 bits per heavy atom. The number of hydrogen-bond acceptors (Lipinski definition) is 5. The number of aliphatic hydroxyl groups excluding tert-OH is 1. The van der Waals surface area contributed by atoms with Crippen LogP contribution in [0.2, 0.25) is 0 Å². The zero-order valence-electron chi connectivity index (χ0n) is 9.72. The SMILES string of the molecule is CC(O)C(C)c1nc(CC2CCCO2)no1. The number of hydrogen-bond donors (Lipinski definition) is 1. The average Bonchev–Trinajstić information content (AvgIpc) is 2.88. The minimum absolute atomic E-state index is 0.120. The van der Waals surface area contributed by atoms with Gasteiger partial charge in [-0.3, -0.25) is 0 Å². The molecule has 3 atom stereocenters. The number of aliphatic hydroxyl groups is 1. The van der Waals surface area contributed by atoms with Crippen molar-refractivity contribution in [2.24, 2.45) is 0 Å². The van der Waals surface area contributed by atoms with Crippen LogP contribution in [0.4, 0.5) is 0 Å². The van der Waals surface area contributed by atoms with Gasteiger partial charge in [-0.2, -0.15) is 4.98 Å². The lowest BCUT2D eigenvalue weighted by atomic mass is 10.1. The Labute approximate surface area is 94.8 Å². The van der Waals surface area contributed by atoms with Gasteiger partial charge < -0.3 is 14.4 Å². The van der Waals surface area contributed by atoms with Crippen molar-refractivity contribution < 1.29 is 14.4 Å². The van der Waals surface area contributed by atoms with Crippen LogP contribution in [0.25, 0.3) is 0 Å². The summed E-state index contributed by atoms with van der Waals surface area (Å²) in [5, 5.41) is 13.3. The Morgan fingerprint density at radius 1 is 1.50 bits per heavy atom. The summed E-state index contributed by atoms with van der Waals surface area (Å²) in [5.74, 6) is 1.06. The van der Waals surface area contributed by atoms with Gasteiger partial charge in [0.1, 0.15) is 0 Å². The molecule has 2 rings (SSSR count). The second-order valence-corrected chi connectivity index (χ2v) is 4.42. The van der Waals surface area contributed by atoms with E-state index in [9.17, 15) is 5.11 Å². The van der Waals surface area contributed by atoms with E-state index in [2.05, 4.69) is 10.1 Å². The summed E-state index contributed by atoms with van der Waals surface area (Å²) in [4.78, 5) is 4.28. The topological polar surface area (TPSA) is 68.4 Å². The summed E-state index contributed by atoms with van der Waals surface area (Å²) in [6.07, 6.45) is 2.63. The summed E-state index contributed by atoms with van der Waals surface area (Å²) in [5.41, 5.74) is 0. The third-order valence-corrected chi connectivity index (χ3v) is 3.03. The highest BCUT2D eigenvalue weighted by Crippen LogP contribution is 2.19. The second-order valence-electron chi connectivity index (χ2n) is 4.42. The fourth-order valence-electron chi connectivity index (χ4n) is 1.75. The lowest BCUT2D eigenvalue weighted by Crippen LogP contribution is -2.12. The van der Waals surface area contributed by atoms with Gasteiger partial charge in [0.2, 0.25) is 5.89 Å². The highest BCUT2D eigenvalue weighted by Gasteiger charge is 2.22. The van der Waals surface area contributed by atoms with Crippen molar-refractivity contribution in [1.29, 1.82) is 0 Å². The van der Waals surface area contributed by atoms with Crippen molar-refractivity contribution in [3.8, 4) is 0 Å². The molecule has 0 radical (unpaired) electrons. The molecule has 1 aromatic rings. The Balaban J connectivity index is 1.96. The minimum atomic E-state index is -0.476. The maximum absolute atomic E-state index is 9.42. The normalized spacial score (nSPS) is 24.6. The lowest BCUT2D eigenvalue weighted by Gasteiger charge is -2.08. The highest BCUT2D eigenvalue weighted by atomic mass is 16.5. The molecule has 2 heterocycles. The molecule has 0 amide bonds. The molecule has 1 aliphatic heterocycles. The molecule has 5 nitrogen and oxygen atoms in total. The Hall–Kier alpha value is -0.940. The minimum Gasteiger partial charge on any atom is -0.393 e. The molecule has 0 spiro atoms. The first-order valence-electron chi connectivity index (χ1n) is 5.79. The summed E-state index contributed by atoms with van der Waals surface area (Å²) in [7, 11) is 0. The van der Waals surface area contributed by atoms with Crippen LogP contribution in [0.15, 0.2) is 4.52 Å². The van der Waals surface area contributed by atoms with Gasteiger partial charge in [0.25, 0.3) is 0 Å². The smallest absolute Gasteiger partial charge is 0.232 e. The van der Waals surface area contributed by atoms with Crippen molar-refractivity contribution in [2.45, 2.75) is 51.2 Å². The maximum Gasteiger partial charge on any atom is 0.232 e. The van der Waals surface area contributed by atoms with Gasteiger partial charge in [-0.05, 0) is 19.8 Å². The molecule has 90 valence electrons. The molecular formula is C11H18N2O3. The van der Waals surface area contributed by atoms with Gasteiger partial charge >= 0.3 is 0 Å². The number of aromatic nitrogens is 2.